The molecule has 0 aliphatic heterocycles. The summed E-state index contributed by atoms with van der Waals surface area (Å²) in [6, 6.07) is -0.148. The average Bonchev–Trinajstić information content (AvgIpc) is 2.00. The maximum Gasteiger partial charge on any atom is 0.0493 e. The van der Waals surface area contributed by atoms with Crippen molar-refractivity contribution in [3.05, 3.63) is 0 Å². The first-order valence-electron chi connectivity index (χ1n) is 3.59. The summed E-state index contributed by atoms with van der Waals surface area (Å²) in [5.41, 5.74) is 4.26. The van der Waals surface area contributed by atoms with Gasteiger partial charge >= 0.3 is 0 Å². The fraction of sp³-hybridized carbons (Fsp3) is 1.00. The molecule has 0 radical (unpaired) electrons. The van der Waals surface area contributed by atoms with Gasteiger partial charge in [-0.3, -0.25) is 0 Å². The Morgan fingerprint density at radius 1 is 1.00 bits per heavy atom. The van der Waals surface area contributed by atoms with Crippen LogP contribution in [0.4, 0.5) is 0 Å². The lowest BCUT2D eigenvalue weighted by atomic mass is 10.1. The average molecular weight is 148 g/mol. The molecule has 0 rings (SSSR count). The number of hydrogen-bond donors (Lipinski definition) is 4. The Bertz CT molecular complexity index is 62.1. The standard InChI is InChI=1S/C6H16N2O2/c1-3-5(7-9)6(4-2)8-10/h5-10H,3-4H2,1-2H3. The summed E-state index contributed by atoms with van der Waals surface area (Å²) >= 11 is 0. The number of hydrogen-bond acceptors (Lipinski definition) is 4. The van der Waals surface area contributed by atoms with Crippen LogP contribution in [-0.2, 0) is 0 Å². The molecular formula is C6H16N2O2. The molecule has 0 aliphatic rings. The van der Waals surface area contributed by atoms with E-state index in [4.69, 9.17) is 10.4 Å². The second-order valence-corrected chi connectivity index (χ2v) is 2.29. The van der Waals surface area contributed by atoms with E-state index < -0.39 is 0 Å². The molecule has 0 amide bonds. The van der Waals surface area contributed by atoms with E-state index in [1.54, 1.807) is 0 Å². The highest BCUT2D eigenvalue weighted by Gasteiger charge is 2.15. The summed E-state index contributed by atoms with van der Waals surface area (Å²) in [6.45, 7) is 3.88. The maximum absolute atomic E-state index is 8.56. The van der Waals surface area contributed by atoms with Gasteiger partial charge in [0.25, 0.3) is 0 Å². The zero-order chi connectivity index (χ0) is 7.98. The summed E-state index contributed by atoms with van der Waals surface area (Å²) < 4.78 is 0. The number of hydroxylamine groups is 2. The Hall–Kier alpha value is -0.160. The van der Waals surface area contributed by atoms with Crippen molar-refractivity contribution < 1.29 is 10.4 Å². The Morgan fingerprint density at radius 3 is 1.40 bits per heavy atom. The summed E-state index contributed by atoms with van der Waals surface area (Å²) in [5.74, 6) is 0. The molecule has 0 heterocycles. The van der Waals surface area contributed by atoms with Crippen molar-refractivity contribution in [2.75, 3.05) is 0 Å². The second kappa shape index (κ2) is 5.61. The van der Waals surface area contributed by atoms with E-state index in [-0.39, 0.29) is 12.1 Å². The zero-order valence-corrected chi connectivity index (χ0v) is 6.46. The van der Waals surface area contributed by atoms with E-state index in [0.29, 0.717) is 0 Å². The highest BCUT2D eigenvalue weighted by atomic mass is 16.5. The summed E-state index contributed by atoms with van der Waals surface area (Å²) in [4.78, 5) is 0. The SMILES string of the molecule is CCC(NO)C(CC)NO. The fourth-order valence-electron chi connectivity index (χ4n) is 0.932. The zero-order valence-electron chi connectivity index (χ0n) is 6.46. The van der Waals surface area contributed by atoms with E-state index in [2.05, 4.69) is 11.0 Å². The first-order chi connectivity index (χ1) is 4.79. The predicted molar refractivity (Wildman–Crippen MR) is 38.0 cm³/mol. The van der Waals surface area contributed by atoms with Gasteiger partial charge in [-0.2, -0.15) is 0 Å². The molecule has 0 aromatic carbocycles. The molecule has 2 unspecified atom stereocenters. The molecule has 0 aromatic rings. The van der Waals surface area contributed by atoms with Crippen LogP contribution in [0.5, 0.6) is 0 Å². The molecule has 0 saturated heterocycles. The van der Waals surface area contributed by atoms with Gasteiger partial charge in [-0.1, -0.05) is 13.8 Å². The lowest BCUT2D eigenvalue weighted by Crippen LogP contribution is -2.44. The summed E-state index contributed by atoms with van der Waals surface area (Å²) in [7, 11) is 0. The quantitative estimate of drug-likeness (QED) is 0.429. The van der Waals surface area contributed by atoms with E-state index in [1.165, 1.54) is 0 Å². The summed E-state index contributed by atoms with van der Waals surface area (Å²) in [6.07, 6.45) is 1.56. The maximum atomic E-state index is 8.56. The van der Waals surface area contributed by atoms with E-state index in [9.17, 15) is 0 Å². The molecule has 0 fully saturated rings. The summed E-state index contributed by atoms with van der Waals surface area (Å²) in [5, 5.41) is 17.1. The minimum atomic E-state index is -0.0741. The van der Waals surface area contributed by atoms with Crippen LogP contribution in [0.25, 0.3) is 0 Å². The lowest BCUT2D eigenvalue weighted by molar-refractivity contribution is 0.0483. The van der Waals surface area contributed by atoms with Gasteiger partial charge < -0.3 is 10.4 Å². The third-order valence-corrected chi connectivity index (χ3v) is 1.70. The number of nitrogens with one attached hydrogen (secondary N) is 2. The van der Waals surface area contributed by atoms with Crippen molar-refractivity contribution in [3.63, 3.8) is 0 Å². The Labute approximate surface area is 61.2 Å². The van der Waals surface area contributed by atoms with Gasteiger partial charge in [0.15, 0.2) is 0 Å². The monoisotopic (exact) mass is 148 g/mol. The molecule has 0 aromatic heterocycles. The van der Waals surface area contributed by atoms with E-state index >= 15 is 0 Å². The van der Waals surface area contributed by atoms with Crippen molar-refractivity contribution in [2.45, 2.75) is 38.8 Å². The van der Waals surface area contributed by atoms with Crippen molar-refractivity contribution in [1.82, 2.24) is 11.0 Å². The van der Waals surface area contributed by atoms with Crippen molar-refractivity contribution in [1.29, 1.82) is 0 Å². The minimum absolute atomic E-state index is 0.0741. The van der Waals surface area contributed by atoms with Crippen molar-refractivity contribution in [2.24, 2.45) is 0 Å². The highest BCUT2D eigenvalue weighted by molar-refractivity contribution is 4.73. The molecule has 0 bridgehead atoms. The van der Waals surface area contributed by atoms with Gasteiger partial charge in [0.05, 0.1) is 0 Å². The molecular weight excluding hydrogens is 132 g/mol. The molecule has 2 atom stereocenters. The van der Waals surface area contributed by atoms with Crippen LogP contribution in [0, 0.1) is 0 Å². The highest BCUT2D eigenvalue weighted by Crippen LogP contribution is 2.00. The Kier molecular flexibility index (Phi) is 5.52. The molecule has 62 valence electrons. The Morgan fingerprint density at radius 2 is 1.30 bits per heavy atom. The van der Waals surface area contributed by atoms with Gasteiger partial charge in [-0.05, 0) is 12.8 Å². The van der Waals surface area contributed by atoms with Crippen LogP contribution < -0.4 is 11.0 Å². The predicted octanol–water partition coefficient (Wildman–Crippen LogP) is 0.501. The van der Waals surface area contributed by atoms with Crippen LogP contribution >= 0.6 is 0 Å². The minimum Gasteiger partial charge on any atom is -0.316 e. The molecule has 4 heteroatoms. The second-order valence-electron chi connectivity index (χ2n) is 2.29. The van der Waals surface area contributed by atoms with Gasteiger partial charge in [-0.25, -0.2) is 11.0 Å². The van der Waals surface area contributed by atoms with E-state index in [0.717, 1.165) is 12.8 Å². The van der Waals surface area contributed by atoms with Gasteiger partial charge in [0.1, 0.15) is 0 Å². The van der Waals surface area contributed by atoms with Crippen LogP contribution in [0.1, 0.15) is 26.7 Å². The first-order valence-corrected chi connectivity index (χ1v) is 3.59. The topological polar surface area (TPSA) is 64.5 Å². The van der Waals surface area contributed by atoms with E-state index in [1.807, 2.05) is 13.8 Å². The smallest absolute Gasteiger partial charge is 0.0493 e. The molecule has 4 N–H and O–H groups in total. The van der Waals surface area contributed by atoms with Gasteiger partial charge in [0.2, 0.25) is 0 Å². The Balaban J connectivity index is 3.70. The van der Waals surface area contributed by atoms with Crippen molar-refractivity contribution >= 4 is 0 Å². The number of rotatable bonds is 5. The lowest BCUT2D eigenvalue weighted by Gasteiger charge is -2.21. The van der Waals surface area contributed by atoms with Crippen LogP contribution in [0.3, 0.4) is 0 Å². The molecule has 0 saturated carbocycles. The first kappa shape index (κ1) is 9.84. The third-order valence-electron chi connectivity index (χ3n) is 1.70. The molecule has 0 spiro atoms. The molecule has 4 nitrogen and oxygen atoms in total. The fourth-order valence-corrected chi connectivity index (χ4v) is 0.932. The largest absolute Gasteiger partial charge is 0.316 e. The normalized spacial score (nSPS) is 16.8. The third kappa shape index (κ3) is 2.62. The van der Waals surface area contributed by atoms with Crippen LogP contribution in [0.15, 0.2) is 0 Å². The van der Waals surface area contributed by atoms with Crippen molar-refractivity contribution in [3.8, 4) is 0 Å². The van der Waals surface area contributed by atoms with Gasteiger partial charge in [0, 0.05) is 12.1 Å². The molecule has 0 aliphatic carbocycles. The molecule has 10 heavy (non-hydrogen) atoms. The van der Waals surface area contributed by atoms with Gasteiger partial charge in [-0.15, -0.1) is 0 Å². The van der Waals surface area contributed by atoms with Crippen LogP contribution in [0.2, 0.25) is 0 Å². The van der Waals surface area contributed by atoms with Crippen LogP contribution in [-0.4, -0.2) is 22.5 Å².